The zero-order chi connectivity index (χ0) is 26.0. The molecular weight excluding hydrogens is 491 g/mol. The number of carbonyl (C=O) groups excluding carboxylic acids is 1. The lowest BCUT2D eigenvalue weighted by molar-refractivity contribution is -0.142. The number of hydrogen-bond donors (Lipinski definition) is 4. The van der Waals surface area contributed by atoms with Crippen LogP contribution in [0.4, 0.5) is 5.82 Å². The number of carbonyl (C=O) groups is 1. The fourth-order valence-electron chi connectivity index (χ4n) is 4.22. The zero-order valence-corrected chi connectivity index (χ0v) is 20.9. The molecular formula is C22H29N6O7P. The summed E-state index contributed by atoms with van der Waals surface area (Å²) in [6, 6.07) is 7.59. The van der Waals surface area contributed by atoms with Crippen molar-refractivity contribution in [3.63, 3.8) is 0 Å². The van der Waals surface area contributed by atoms with Crippen molar-refractivity contribution in [2.24, 2.45) is 5.92 Å². The van der Waals surface area contributed by atoms with Gasteiger partial charge in [0, 0.05) is 0 Å². The molecule has 3 heterocycles. The van der Waals surface area contributed by atoms with Gasteiger partial charge in [-0.2, -0.15) is 0 Å². The molecule has 194 valence electrons. The highest BCUT2D eigenvalue weighted by Crippen LogP contribution is 2.47. The molecule has 0 amide bonds. The number of nitrogen functional groups attached to an aromatic ring is 1. The van der Waals surface area contributed by atoms with Crippen LogP contribution in [0, 0.1) is 5.92 Å². The van der Waals surface area contributed by atoms with Crippen LogP contribution in [0.1, 0.15) is 20.1 Å². The predicted molar refractivity (Wildman–Crippen MR) is 129 cm³/mol. The number of methoxy groups -OCH3 is 1. The van der Waals surface area contributed by atoms with E-state index >= 15 is 0 Å². The zero-order valence-electron chi connectivity index (χ0n) is 20.0. The number of nitrogens with zero attached hydrogens (tertiary/aromatic N) is 4. The molecule has 0 aliphatic carbocycles. The molecule has 36 heavy (non-hydrogen) atoms. The summed E-state index contributed by atoms with van der Waals surface area (Å²) in [4.78, 5) is 24.2. The highest BCUT2D eigenvalue weighted by molar-refractivity contribution is 7.57. The number of nitrogens with one attached hydrogen (secondary N) is 1. The van der Waals surface area contributed by atoms with E-state index in [1.165, 1.54) is 31.3 Å². The van der Waals surface area contributed by atoms with Crippen LogP contribution in [-0.4, -0.2) is 73.3 Å². The van der Waals surface area contributed by atoms with E-state index in [1.807, 2.05) is 0 Å². The molecule has 1 fully saturated rings. The van der Waals surface area contributed by atoms with Gasteiger partial charge in [-0.15, -0.1) is 0 Å². The van der Waals surface area contributed by atoms with Gasteiger partial charge in [-0.3, -0.25) is 13.9 Å². The Hall–Kier alpha value is -3.09. The molecule has 2 aromatic heterocycles. The standard InChI is InChI=1S/C22H29N6O7P/c1-12(9-36(32,27-13(2)22(31)33-3)35-14-7-5-4-6-8-14)18-16(29)17(30)21(34-18)28-11-26-15-19(23)24-10-25-20(15)28/h4-8,10-13,16-18,21,29-30H,9H2,1-3H3,(H,27,32)(H2,23,24,25). The second kappa shape index (κ2) is 10.5. The Morgan fingerprint density at radius 3 is 2.64 bits per heavy atom. The van der Waals surface area contributed by atoms with E-state index in [1.54, 1.807) is 37.3 Å². The lowest BCUT2D eigenvalue weighted by Crippen LogP contribution is -2.39. The van der Waals surface area contributed by atoms with Crippen molar-refractivity contribution in [1.82, 2.24) is 24.6 Å². The monoisotopic (exact) mass is 520 g/mol. The Bertz CT molecular complexity index is 1260. The molecule has 0 spiro atoms. The molecule has 7 unspecified atom stereocenters. The number of esters is 1. The van der Waals surface area contributed by atoms with Gasteiger partial charge in [0.25, 0.3) is 0 Å². The maximum atomic E-state index is 13.9. The third kappa shape index (κ3) is 5.20. The molecule has 1 aromatic carbocycles. The predicted octanol–water partition coefficient (Wildman–Crippen LogP) is 1.09. The molecule has 0 bridgehead atoms. The highest BCUT2D eigenvalue weighted by atomic mass is 31.2. The summed E-state index contributed by atoms with van der Waals surface area (Å²) in [5, 5.41) is 24.4. The van der Waals surface area contributed by atoms with Crippen LogP contribution in [-0.2, 0) is 18.8 Å². The Morgan fingerprint density at radius 2 is 1.94 bits per heavy atom. The lowest BCUT2D eigenvalue weighted by atomic mass is 10.0. The second-order valence-corrected chi connectivity index (χ2v) is 10.8. The van der Waals surface area contributed by atoms with Crippen LogP contribution >= 0.6 is 7.52 Å². The van der Waals surface area contributed by atoms with Crippen LogP contribution in [0.15, 0.2) is 43.0 Å². The topological polar surface area (TPSA) is 184 Å². The maximum absolute atomic E-state index is 13.9. The highest BCUT2D eigenvalue weighted by Gasteiger charge is 2.48. The minimum Gasteiger partial charge on any atom is -0.468 e. The van der Waals surface area contributed by atoms with Gasteiger partial charge in [0.05, 0.1) is 25.7 Å². The Morgan fingerprint density at radius 1 is 1.22 bits per heavy atom. The first kappa shape index (κ1) is 26.0. The van der Waals surface area contributed by atoms with Crippen LogP contribution in [0.3, 0.4) is 0 Å². The summed E-state index contributed by atoms with van der Waals surface area (Å²) >= 11 is 0. The summed E-state index contributed by atoms with van der Waals surface area (Å²) < 4.78 is 32.0. The number of rotatable bonds is 9. The van der Waals surface area contributed by atoms with E-state index in [9.17, 15) is 19.6 Å². The van der Waals surface area contributed by atoms with Crippen molar-refractivity contribution >= 4 is 30.5 Å². The molecule has 13 nitrogen and oxygen atoms in total. The van der Waals surface area contributed by atoms with Gasteiger partial charge in [0.2, 0.25) is 0 Å². The number of anilines is 1. The van der Waals surface area contributed by atoms with Gasteiger partial charge < -0.3 is 29.9 Å². The minimum absolute atomic E-state index is 0.121. The first-order valence-electron chi connectivity index (χ1n) is 11.3. The molecule has 1 saturated heterocycles. The Balaban J connectivity index is 1.56. The fourth-order valence-corrected chi connectivity index (χ4v) is 6.57. The van der Waals surface area contributed by atoms with E-state index in [-0.39, 0.29) is 12.0 Å². The number of aromatic nitrogens is 4. The Kier molecular flexibility index (Phi) is 7.57. The van der Waals surface area contributed by atoms with Gasteiger partial charge in [0.15, 0.2) is 17.7 Å². The molecule has 3 aromatic rings. The molecule has 0 saturated carbocycles. The summed E-state index contributed by atoms with van der Waals surface area (Å²) in [7, 11) is -2.49. The number of hydrogen-bond acceptors (Lipinski definition) is 11. The van der Waals surface area contributed by atoms with Crippen molar-refractivity contribution in [3.05, 3.63) is 43.0 Å². The van der Waals surface area contributed by atoms with Crippen LogP contribution < -0.4 is 15.3 Å². The molecule has 14 heteroatoms. The average molecular weight is 520 g/mol. The molecule has 4 rings (SSSR count). The van der Waals surface area contributed by atoms with E-state index in [2.05, 4.69) is 20.0 Å². The fraction of sp³-hybridized carbons (Fsp3) is 0.455. The van der Waals surface area contributed by atoms with E-state index in [0.717, 1.165) is 0 Å². The summed E-state index contributed by atoms with van der Waals surface area (Å²) in [6.45, 7) is 3.22. The third-order valence-corrected chi connectivity index (χ3v) is 8.31. The van der Waals surface area contributed by atoms with Crippen molar-refractivity contribution < 1.29 is 33.6 Å². The normalized spacial score (nSPS) is 25.2. The van der Waals surface area contributed by atoms with Gasteiger partial charge >= 0.3 is 13.5 Å². The quantitative estimate of drug-likeness (QED) is 0.233. The van der Waals surface area contributed by atoms with E-state index in [4.69, 9.17) is 19.7 Å². The number of imidazole rings is 1. The summed E-state index contributed by atoms with van der Waals surface area (Å²) in [5.74, 6) is -0.687. The van der Waals surface area contributed by atoms with Gasteiger partial charge in [-0.1, -0.05) is 25.1 Å². The van der Waals surface area contributed by atoms with Crippen LogP contribution in [0.2, 0.25) is 0 Å². The van der Waals surface area contributed by atoms with Crippen molar-refractivity contribution in [2.45, 2.75) is 44.4 Å². The summed E-state index contributed by atoms with van der Waals surface area (Å²) in [5.41, 5.74) is 6.51. The number of ether oxygens (including phenoxy) is 2. The molecule has 7 atom stereocenters. The van der Waals surface area contributed by atoms with Crippen molar-refractivity contribution in [2.75, 3.05) is 19.0 Å². The molecule has 5 N–H and O–H groups in total. The summed E-state index contributed by atoms with van der Waals surface area (Å²) in [6.07, 6.45) is -2.06. The van der Waals surface area contributed by atoms with Gasteiger partial charge in [0.1, 0.15) is 35.8 Å². The Labute approximate surface area is 207 Å². The first-order valence-corrected chi connectivity index (χ1v) is 13.1. The molecule has 0 radical (unpaired) electrons. The number of fused-ring (bicyclic) bond motifs is 1. The van der Waals surface area contributed by atoms with Crippen molar-refractivity contribution in [1.29, 1.82) is 0 Å². The van der Waals surface area contributed by atoms with Crippen LogP contribution in [0.5, 0.6) is 5.75 Å². The molecule has 1 aliphatic heterocycles. The van der Waals surface area contributed by atoms with E-state index in [0.29, 0.717) is 16.9 Å². The number of aliphatic hydroxyl groups excluding tert-OH is 2. The maximum Gasteiger partial charge on any atom is 0.323 e. The third-order valence-electron chi connectivity index (χ3n) is 5.97. The van der Waals surface area contributed by atoms with Crippen molar-refractivity contribution in [3.8, 4) is 5.75 Å². The largest absolute Gasteiger partial charge is 0.468 e. The SMILES string of the molecule is COC(=O)C(C)NP(=O)(CC(C)C1OC(n2cnc3c(N)ncnc32)C(O)C1O)Oc1ccccc1. The number of para-hydroxylation sites is 1. The van der Waals surface area contributed by atoms with E-state index < -0.39 is 50.0 Å². The second-order valence-electron chi connectivity index (χ2n) is 8.67. The lowest BCUT2D eigenvalue weighted by Gasteiger charge is -2.28. The number of nitrogens with two attached hydrogens (primary N) is 1. The average Bonchev–Trinajstić information content (AvgIpc) is 3.40. The first-order chi connectivity index (χ1) is 17.1. The number of benzene rings is 1. The number of aliphatic hydroxyl groups is 2. The van der Waals surface area contributed by atoms with Gasteiger partial charge in [-0.05, 0) is 25.0 Å². The minimum atomic E-state index is -3.72. The molecule has 1 aliphatic rings. The van der Waals surface area contributed by atoms with Gasteiger partial charge in [-0.25, -0.2) is 20.0 Å². The van der Waals surface area contributed by atoms with Crippen LogP contribution in [0.25, 0.3) is 11.2 Å². The smallest absolute Gasteiger partial charge is 0.323 e.